The van der Waals surface area contributed by atoms with Gasteiger partial charge in [-0.15, -0.1) is 0 Å². The number of nitrogens with one attached hydrogen (secondary N) is 2. The fraction of sp³-hybridized carbons (Fsp3) is 0.667. The minimum atomic E-state index is -0.399. The second-order valence-corrected chi connectivity index (χ2v) is 2.55. The van der Waals surface area contributed by atoms with Gasteiger partial charge in [-0.05, 0) is 0 Å². The lowest BCUT2D eigenvalue weighted by Crippen LogP contribution is -2.37. The van der Waals surface area contributed by atoms with Crippen LogP contribution < -0.4 is 16.4 Å². The molecule has 1 atom stereocenters. The van der Waals surface area contributed by atoms with E-state index in [0.717, 1.165) is 0 Å². The average Bonchev–Trinajstić information content (AvgIpc) is 2.31. The molecule has 0 aromatic carbocycles. The highest BCUT2D eigenvalue weighted by Gasteiger charge is 2.20. The van der Waals surface area contributed by atoms with E-state index in [4.69, 9.17) is 5.73 Å². The molecule has 1 fully saturated rings. The first-order chi connectivity index (χ1) is 5.18. The number of nitrogens with two attached hydrogens (primary N) is 1. The topological polar surface area (TPSA) is 84.2 Å². The van der Waals surface area contributed by atoms with Crippen molar-refractivity contribution in [3.63, 3.8) is 0 Å². The third kappa shape index (κ3) is 2.55. The molecule has 1 heterocycles. The highest BCUT2D eigenvalue weighted by Crippen LogP contribution is 1.97. The summed E-state index contributed by atoms with van der Waals surface area (Å²) in [4.78, 5) is 20.9. The van der Waals surface area contributed by atoms with Crippen LogP contribution in [0.15, 0.2) is 0 Å². The van der Waals surface area contributed by atoms with E-state index in [9.17, 15) is 9.59 Å². The molecule has 1 unspecified atom stereocenters. The van der Waals surface area contributed by atoms with Gasteiger partial charge in [-0.25, -0.2) is 0 Å². The van der Waals surface area contributed by atoms with E-state index in [0.29, 0.717) is 13.0 Å². The van der Waals surface area contributed by atoms with Crippen LogP contribution in [0.25, 0.3) is 0 Å². The maximum Gasteiger partial charge on any atom is 0.231 e. The molecular formula is C6H11N3O2. The first-order valence-corrected chi connectivity index (χ1v) is 3.47. The van der Waals surface area contributed by atoms with Crippen molar-refractivity contribution in [3.05, 3.63) is 0 Å². The Morgan fingerprint density at radius 2 is 2.55 bits per heavy atom. The van der Waals surface area contributed by atoms with E-state index in [-0.39, 0.29) is 18.5 Å². The summed E-state index contributed by atoms with van der Waals surface area (Å²) in [5.74, 6) is -0.378. The molecule has 1 rings (SSSR count). The summed E-state index contributed by atoms with van der Waals surface area (Å²) in [5, 5.41) is 5.49. The number of hydrogen-bond donors (Lipinski definition) is 3. The molecule has 5 heteroatoms. The highest BCUT2D eigenvalue weighted by atomic mass is 16.2. The van der Waals surface area contributed by atoms with Crippen molar-refractivity contribution in [2.75, 3.05) is 13.1 Å². The van der Waals surface area contributed by atoms with Crippen LogP contribution in [-0.2, 0) is 9.59 Å². The van der Waals surface area contributed by atoms with Gasteiger partial charge in [0.25, 0.3) is 0 Å². The van der Waals surface area contributed by atoms with Crippen molar-refractivity contribution in [3.8, 4) is 0 Å². The number of amides is 2. The number of carbonyl (C=O) groups excluding carboxylic acids is 2. The van der Waals surface area contributed by atoms with Crippen molar-refractivity contribution in [1.82, 2.24) is 10.6 Å². The smallest absolute Gasteiger partial charge is 0.231 e. The normalized spacial score (nSPS) is 23.3. The lowest BCUT2D eigenvalue weighted by molar-refractivity contribution is -0.120. The van der Waals surface area contributed by atoms with Crippen LogP contribution in [0.1, 0.15) is 6.42 Å². The van der Waals surface area contributed by atoms with Gasteiger partial charge in [-0.2, -0.15) is 0 Å². The van der Waals surface area contributed by atoms with Crippen molar-refractivity contribution in [2.24, 2.45) is 5.73 Å². The molecule has 0 radical (unpaired) electrons. The lowest BCUT2D eigenvalue weighted by Gasteiger charge is -2.06. The Morgan fingerprint density at radius 3 is 3.00 bits per heavy atom. The summed E-state index contributed by atoms with van der Waals surface area (Å²) in [6, 6.07) is 0.0648. The van der Waals surface area contributed by atoms with Gasteiger partial charge >= 0.3 is 0 Å². The third-order valence-electron chi connectivity index (χ3n) is 1.54. The van der Waals surface area contributed by atoms with Crippen LogP contribution >= 0.6 is 0 Å². The van der Waals surface area contributed by atoms with Gasteiger partial charge < -0.3 is 16.4 Å². The van der Waals surface area contributed by atoms with Gasteiger partial charge in [-0.3, -0.25) is 9.59 Å². The summed E-state index contributed by atoms with van der Waals surface area (Å²) < 4.78 is 0. The number of primary amides is 1. The summed E-state index contributed by atoms with van der Waals surface area (Å²) in [6.45, 7) is 0.728. The summed E-state index contributed by atoms with van der Waals surface area (Å²) >= 11 is 0. The number of hydrogen-bond acceptors (Lipinski definition) is 3. The zero-order valence-electron chi connectivity index (χ0n) is 6.09. The molecule has 1 aliphatic rings. The number of carbonyl (C=O) groups is 2. The van der Waals surface area contributed by atoms with Crippen molar-refractivity contribution < 1.29 is 9.59 Å². The molecule has 1 aliphatic heterocycles. The quantitative estimate of drug-likeness (QED) is 0.441. The van der Waals surface area contributed by atoms with Crippen LogP contribution in [0.3, 0.4) is 0 Å². The minimum Gasteiger partial charge on any atom is -0.369 e. The van der Waals surface area contributed by atoms with Crippen LogP contribution in [0.5, 0.6) is 0 Å². The van der Waals surface area contributed by atoms with Crippen LogP contribution in [0.4, 0.5) is 0 Å². The molecule has 1 saturated heterocycles. The second kappa shape index (κ2) is 3.34. The van der Waals surface area contributed by atoms with Crippen molar-refractivity contribution >= 4 is 11.8 Å². The number of rotatable bonds is 3. The van der Waals surface area contributed by atoms with E-state index in [1.165, 1.54) is 0 Å². The molecule has 62 valence electrons. The first-order valence-electron chi connectivity index (χ1n) is 3.47. The minimum absolute atomic E-state index is 0.0203. The van der Waals surface area contributed by atoms with E-state index >= 15 is 0 Å². The molecule has 0 aromatic rings. The highest BCUT2D eigenvalue weighted by molar-refractivity contribution is 5.79. The molecule has 0 spiro atoms. The van der Waals surface area contributed by atoms with Crippen molar-refractivity contribution in [2.45, 2.75) is 12.5 Å². The Morgan fingerprint density at radius 1 is 1.82 bits per heavy atom. The van der Waals surface area contributed by atoms with Crippen molar-refractivity contribution in [1.29, 1.82) is 0 Å². The molecule has 0 aromatic heterocycles. The second-order valence-electron chi connectivity index (χ2n) is 2.55. The van der Waals surface area contributed by atoms with Gasteiger partial charge in [0.1, 0.15) is 0 Å². The SMILES string of the molecule is NC(=O)CNC1CNC(=O)C1. The van der Waals surface area contributed by atoms with Gasteiger partial charge in [0.2, 0.25) is 11.8 Å². The standard InChI is InChI=1S/C6H11N3O2/c7-5(10)3-8-4-1-6(11)9-2-4/h4,8H,1-3H2,(H2,7,10)(H,9,11). The molecule has 11 heavy (non-hydrogen) atoms. The van der Waals surface area contributed by atoms with Crippen LogP contribution in [-0.4, -0.2) is 30.9 Å². The summed E-state index contributed by atoms with van der Waals surface area (Å²) in [5.41, 5.74) is 4.90. The maximum atomic E-state index is 10.6. The molecule has 0 bridgehead atoms. The Balaban J connectivity index is 2.18. The lowest BCUT2D eigenvalue weighted by atomic mass is 10.2. The monoisotopic (exact) mass is 157 g/mol. The zero-order chi connectivity index (χ0) is 8.27. The van der Waals surface area contributed by atoms with Gasteiger partial charge in [0.15, 0.2) is 0 Å². The fourth-order valence-corrected chi connectivity index (χ4v) is 0.994. The molecule has 5 nitrogen and oxygen atoms in total. The van der Waals surface area contributed by atoms with E-state index in [2.05, 4.69) is 10.6 Å². The molecule has 0 saturated carbocycles. The third-order valence-corrected chi connectivity index (χ3v) is 1.54. The van der Waals surface area contributed by atoms with Gasteiger partial charge in [0.05, 0.1) is 6.54 Å². The van der Waals surface area contributed by atoms with E-state index in [1.54, 1.807) is 0 Å². The molecule has 4 N–H and O–H groups in total. The Kier molecular flexibility index (Phi) is 2.43. The summed E-state index contributed by atoms with van der Waals surface area (Å²) in [7, 11) is 0. The Bertz CT molecular complexity index is 181. The molecule has 2 amide bonds. The largest absolute Gasteiger partial charge is 0.369 e. The Labute approximate surface area is 64.3 Å². The zero-order valence-corrected chi connectivity index (χ0v) is 6.09. The fourth-order valence-electron chi connectivity index (χ4n) is 0.994. The van der Waals surface area contributed by atoms with E-state index < -0.39 is 5.91 Å². The summed E-state index contributed by atoms with van der Waals surface area (Å²) in [6.07, 6.45) is 0.438. The van der Waals surface area contributed by atoms with Crippen LogP contribution in [0, 0.1) is 0 Å². The molecular weight excluding hydrogens is 146 g/mol. The first kappa shape index (κ1) is 8.00. The average molecular weight is 157 g/mol. The Hall–Kier alpha value is -1.10. The van der Waals surface area contributed by atoms with Gasteiger partial charge in [-0.1, -0.05) is 0 Å². The van der Waals surface area contributed by atoms with E-state index in [1.807, 2.05) is 0 Å². The van der Waals surface area contributed by atoms with Gasteiger partial charge in [0, 0.05) is 19.0 Å². The predicted octanol–water partition coefficient (Wildman–Crippen LogP) is -2.05. The van der Waals surface area contributed by atoms with Crippen LogP contribution in [0.2, 0.25) is 0 Å². The maximum absolute atomic E-state index is 10.6. The predicted molar refractivity (Wildman–Crippen MR) is 38.6 cm³/mol. The molecule has 0 aliphatic carbocycles.